The summed E-state index contributed by atoms with van der Waals surface area (Å²) in [5.74, 6) is 0. The van der Waals surface area contributed by atoms with Gasteiger partial charge in [-0.05, 0) is 32.4 Å². The van der Waals surface area contributed by atoms with E-state index >= 15 is 0 Å². The largest absolute Gasteiger partial charge is 0.329 e. The number of thioether (sulfide) groups is 1. The Hall–Kier alpha value is -0.480. The van der Waals surface area contributed by atoms with Gasteiger partial charge in [0.2, 0.25) is 0 Å². The number of imidazole rings is 1. The SMILES string of the molecule is Cn1ccnc1SC1CCCNCC1. The molecule has 0 amide bonds. The van der Waals surface area contributed by atoms with E-state index in [9.17, 15) is 0 Å². The second-order valence-corrected chi connectivity index (χ2v) is 5.01. The molecule has 4 heteroatoms. The highest BCUT2D eigenvalue weighted by Crippen LogP contribution is 2.27. The molecule has 2 rings (SSSR count). The molecule has 0 aromatic carbocycles. The molecule has 1 N–H and O–H groups in total. The predicted octanol–water partition coefficient (Wildman–Crippen LogP) is 1.65. The van der Waals surface area contributed by atoms with Crippen molar-refractivity contribution in [3.8, 4) is 0 Å². The van der Waals surface area contributed by atoms with Gasteiger partial charge in [-0.1, -0.05) is 11.8 Å². The lowest BCUT2D eigenvalue weighted by atomic mass is 10.2. The minimum atomic E-state index is 0.742. The number of aromatic nitrogens is 2. The molecule has 1 saturated heterocycles. The van der Waals surface area contributed by atoms with Crippen LogP contribution in [0.3, 0.4) is 0 Å². The van der Waals surface area contributed by atoms with Crippen LogP contribution in [0.15, 0.2) is 17.6 Å². The van der Waals surface area contributed by atoms with E-state index in [4.69, 9.17) is 0 Å². The molecular formula is C10H17N3S. The summed E-state index contributed by atoms with van der Waals surface area (Å²) < 4.78 is 2.10. The van der Waals surface area contributed by atoms with Gasteiger partial charge in [0, 0.05) is 24.7 Å². The molecule has 1 aromatic heterocycles. The van der Waals surface area contributed by atoms with E-state index < -0.39 is 0 Å². The van der Waals surface area contributed by atoms with Gasteiger partial charge in [-0.15, -0.1) is 0 Å². The summed E-state index contributed by atoms with van der Waals surface area (Å²) >= 11 is 1.92. The highest BCUT2D eigenvalue weighted by Gasteiger charge is 2.14. The minimum absolute atomic E-state index is 0.742. The lowest BCUT2D eigenvalue weighted by Crippen LogP contribution is -2.14. The number of nitrogens with zero attached hydrogens (tertiary/aromatic N) is 2. The fourth-order valence-corrected chi connectivity index (χ4v) is 2.89. The zero-order valence-electron chi connectivity index (χ0n) is 8.57. The van der Waals surface area contributed by atoms with Gasteiger partial charge in [0.15, 0.2) is 5.16 Å². The van der Waals surface area contributed by atoms with E-state index in [0.717, 1.165) is 17.0 Å². The molecule has 1 aromatic rings. The molecule has 1 atom stereocenters. The van der Waals surface area contributed by atoms with Gasteiger partial charge >= 0.3 is 0 Å². The van der Waals surface area contributed by atoms with E-state index in [1.54, 1.807) is 0 Å². The van der Waals surface area contributed by atoms with E-state index in [1.165, 1.54) is 25.8 Å². The Labute approximate surface area is 89.3 Å². The summed E-state index contributed by atoms with van der Waals surface area (Å²) in [6, 6.07) is 0. The van der Waals surface area contributed by atoms with Crippen molar-refractivity contribution < 1.29 is 0 Å². The number of hydrogen-bond acceptors (Lipinski definition) is 3. The van der Waals surface area contributed by atoms with Gasteiger partial charge in [0.25, 0.3) is 0 Å². The van der Waals surface area contributed by atoms with Crippen molar-refractivity contribution >= 4 is 11.8 Å². The van der Waals surface area contributed by atoms with Crippen LogP contribution in [0, 0.1) is 0 Å². The summed E-state index contributed by atoms with van der Waals surface area (Å²) in [5, 5.41) is 5.32. The normalized spacial score (nSPS) is 23.4. The Bertz CT molecular complexity index is 277. The monoisotopic (exact) mass is 211 g/mol. The van der Waals surface area contributed by atoms with Crippen molar-refractivity contribution in [1.82, 2.24) is 14.9 Å². The third-order valence-corrected chi connectivity index (χ3v) is 3.98. The van der Waals surface area contributed by atoms with E-state index in [0.29, 0.717) is 0 Å². The second-order valence-electron chi connectivity index (χ2n) is 3.74. The van der Waals surface area contributed by atoms with Gasteiger partial charge in [-0.25, -0.2) is 4.98 Å². The number of hydrogen-bond donors (Lipinski definition) is 1. The molecule has 1 fully saturated rings. The van der Waals surface area contributed by atoms with Crippen LogP contribution in [0.1, 0.15) is 19.3 Å². The molecule has 1 unspecified atom stereocenters. The van der Waals surface area contributed by atoms with Crippen molar-refractivity contribution in [2.24, 2.45) is 7.05 Å². The van der Waals surface area contributed by atoms with E-state index in [-0.39, 0.29) is 0 Å². The molecule has 1 aliphatic rings. The summed E-state index contributed by atoms with van der Waals surface area (Å²) in [4.78, 5) is 4.35. The number of aryl methyl sites for hydroxylation is 1. The lowest BCUT2D eigenvalue weighted by Gasteiger charge is -2.12. The Morgan fingerprint density at radius 2 is 2.43 bits per heavy atom. The fraction of sp³-hybridized carbons (Fsp3) is 0.700. The summed E-state index contributed by atoms with van der Waals surface area (Å²) in [6.07, 6.45) is 7.75. The summed E-state index contributed by atoms with van der Waals surface area (Å²) in [5.41, 5.74) is 0. The van der Waals surface area contributed by atoms with Crippen LogP contribution < -0.4 is 5.32 Å². The van der Waals surface area contributed by atoms with Gasteiger partial charge in [-0.3, -0.25) is 0 Å². The first-order chi connectivity index (χ1) is 6.86. The first-order valence-electron chi connectivity index (χ1n) is 5.21. The van der Waals surface area contributed by atoms with Crippen LogP contribution in [0.5, 0.6) is 0 Å². The Morgan fingerprint density at radius 3 is 3.21 bits per heavy atom. The maximum Gasteiger partial charge on any atom is 0.167 e. The van der Waals surface area contributed by atoms with Gasteiger partial charge in [0.05, 0.1) is 0 Å². The molecular weight excluding hydrogens is 194 g/mol. The standard InChI is InChI=1S/C10H17N3S/c1-13-8-7-12-10(13)14-9-3-2-5-11-6-4-9/h7-9,11H,2-6H2,1H3. The molecule has 0 aliphatic carbocycles. The second kappa shape index (κ2) is 4.84. The Balaban J connectivity index is 1.92. The van der Waals surface area contributed by atoms with Crippen molar-refractivity contribution in [2.75, 3.05) is 13.1 Å². The molecule has 0 bridgehead atoms. The molecule has 0 radical (unpaired) electrons. The first-order valence-corrected chi connectivity index (χ1v) is 6.09. The van der Waals surface area contributed by atoms with Crippen LogP contribution in [0.4, 0.5) is 0 Å². The molecule has 2 heterocycles. The smallest absolute Gasteiger partial charge is 0.167 e. The van der Waals surface area contributed by atoms with Gasteiger partial charge < -0.3 is 9.88 Å². The third-order valence-electron chi connectivity index (χ3n) is 2.57. The topological polar surface area (TPSA) is 29.9 Å². The number of rotatable bonds is 2. The Morgan fingerprint density at radius 1 is 1.50 bits per heavy atom. The average molecular weight is 211 g/mol. The zero-order valence-corrected chi connectivity index (χ0v) is 9.39. The third kappa shape index (κ3) is 2.51. The average Bonchev–Trinajstić information content (AvgIpc) is 2.44. The van der Waals surface area contributed by atoms with Crippen LogP contribution in [-0.2, 0) is 7.05 Å². The molecule has 0 spiro atoms. The van der Waals surface area contributed by atoms with Gasteiger partial charge in [-0.2, -0.15) is 0 Å². The highest BCUT2D eigenvalue weighted by atomic mass is 32.2. The maximum atomic E-state index is 4.35. The fourth-order valence-electron chi connectivity index (χ4n) is 1.72. The molecule has 78 valence electrons. The van der Waals surface area contributed by atoms with Crippen molar-refractivity contribution in [3.05, 3.63) is 12.4 Å². The summed E-state index contributed by atoms with van der Waals surface area (Å²) in [6.45, 7) is 2.33. The van der Waals surface area contributed by atoms with Crippen molar-refractivity contribution in [1.29, 1.82) is 0 Å². The van der Waals surface area contributed by atoms with Crippen LogP contribution in [0.2, 0.25) is 0 Å². The molecule has 3 nitrogen and oxygen atoms in total. The maximum absolute atomic E-state index is 4.35. The predicted molar refractivity (Wildman–Crippen MR) is 59.6 cm³/mol. The summed E-state index contributed by atoms with van der Waals surface area (Å²) in [7, 11) is 2.06. The molecule has 14 heavy (non-hydrogen) atoms. The van der Waals surface area contributed by atoms with E-state index in [2.05, 4.69) is 21.9 Å². The van der Waals surface area contributed by atoms with Crippen molar-refractivity contribution in [3.63, 3.8) is 0 Å². The lowest BCUT2D eigenvalue weighted by molar-refractivity contribution is 0.703. The zero-order chi connectivity index (χ0) is 9.80. The first kappa shape index (κ1) is 10.1. The van der Waals surface area contributed by atoms with E-state index in [1.807, 2.05) is 24.2 Å². The van der Waals surface area contributed by atoms with Gasteiger partial charge in [0.1, 0.15) is 0 Å². The van der Waals surface area contributed by atoms with Crippen LogP contribution >= 0.6 is 11.8 Å². The Kier molecular flexibility index (Phi) is 3.48. The molecule has 0 saturated carbocycles. The number of nitrogens with one attached hydrogen (secondary N) is 1. The minimum Gasteiger partial charge on any atom is -0.329 e. The van der Waals surface area contributed by atoms with Crippen molar-refractivity contribution in [2.45, 2.75) is 29.7 Å². The van der Waals surface area contributed by atoms with Crippen LogP contribution in [-0.4, -0.2) is 27.9 Å². The highest BCUT2D eigenvalue weighted by molar-refractivity contribution is 7.99. The molecule has 1 aliphatic heterocycles. The quantitative estimate of drug-likeness (QED) is 0.807. The van der Waals surface area contributed by atoms with Crippen LogP contribution in [0.25, 0.3) is 0 Å².